The number of rotatable bonds is 3. The van der Waals surface area contributed by atoms with E-state index in [1.54, 1.807) is 19.2 Å². The Labute approximate surface area is 135 Å². The van der Waals surface area contributed by atoms with Crippen LogP contribution in [0.25, 0.3) is 0 Å². The SMILES string of the molecule is COC1CCN(S(=O)(=O)c2c(N)cc(Br)cc2Br)CC1. The highest BCUT2D eigenvalue weighted by Crippen LogP contribution is 2.34. The summed E-state index contributed by atoms with van der Waals surface area (Å²) in [7, 11) is -1.94. The second kappa shape index (κ2) is 6.31. The molecule has 20 heavy (non-hydrogen) atoms. The predicted molar refractivity (Wildman–Crippen MR) is 85.0 cm³/mol. The molecule has 1 saturated heterocycles. The van der Waals surface area contributed by atoms with Crippen LogP contribution in [0, 0.1) is 0 Å². The highest BCUT2D eigenvalue weighted by Gasteiger charge is 2.32. The standard InChI is InChI=1S/C12H16Br2N2O3S/c1-19-9-2-4-16(5-3-9)20(17,18)12-10(14)6-8(13)7-11(12)15/h6-7,9H,2-5,15H2,1H3. The maximum absolute atomic E-state index is 12.7. The Kier molecular flexibility index (Phi) is 5.12. The number of nitrogens with zero attached hydrogens (tertiary/aromatic N) is 1. The van der Waals surface area contributed by atoms with Crippen molar-refractivity contribution in [1.82, 2.24) is 4.31 Å². The zero-order valence-electron chi connectivity index (χ0n) is 11.0. The number of piperidine rings is 1. The van der Waals surface area contributed by atoms with E-state index in [9.17, 15) is 8.42 Å². The van der Waals surface area contributed by atoms with Crippen LogP contribution >= 0.6 is 31.9 Å². The van der Waals surface area contributed by atoms with Gasteiger partial charge in [0.1, 0.15) is 4.90 Å². The lowest BCUT2D eigenvalue weighted by Gasteiger charge is -2.31. The Morgan fingerprint density at radius 3 is 2.40 bits per heavy atom. The number of anilines is 1. The van der Waals surface area contributed by atoms with Gasteiger partial charge in [0.15, 0.2) is 0 Å². The van der Waals surface area contributed by atoms with Crippen LogP contribution < -0.4 is 5.73 Å². The van der Waals surface area contributed by atoms with E-state index >= 15 is 0 Å². The lowest BCUT2D eigenvalue weighted by molar-refractivity contribution is 0.0604. The molecule has 112 valence electrons. The third kappa shape index (κ3) is 3.19. The number of methoxy groups -OCH3 is 1. The third-order valence-corrected chi connectivity index (χ3v) is 6.73. The topological polar surface area (TPSA) is 72.6 Å². The Balaban J connectivity index is 2.32. The molecule has 2 rings (SSSR count). The van der Waals surface area contributed by atoms with E-state index in [2.05, 4.69) is 31.9 Å². The number of hydrogen-bond acceptors (Lipinski definition) is 4. The number of nitrogens with two attached hydrogens (primary N) is 1. The minimum atomic E-state index is -3.59. The fraction of sp³-hybridized carbons (Fsp3) is 0.500. The fourth-order valence-electron chi connectivity index (χ4n) is 2.29. The molecule has 0 radical (unpaired) electrons. The predicted octanol–water partition coefficient (Wildman–Crippen LogP) is 2.59. The Hall–Kier alpha value is -0.150. The van der Waals surface area contributed by atoms with Gasteiger partial charge in [0.2, 0.25) is 10.0 Å². The van der Waals surface area contributed by atoms with Gasteiger partial charge in [-0.05, 0) is 40.9 Å². The molecule has 1 aromatic carbocycles. The summed E-state index contributed by atoms with van der Waals surface area (Å²) in [4.78, 5) is 0.136. The van der Waals surface area contributed by atoms with Gasteiger partial charge in [0.25, 0.3) is 0 Å². The van der Waals surface area contributed by atoms with Crippen molar-refractivity contribution in [2.75, 3.05) is 25.9 Å². The molecule has 1 aliphatic heterocycles. The molecular weight excluding hydrogens is 412 g/mol. The smallest absolute Gasteiger partial charge is 0.246 e. The van der Waals surface area contributed by atoms with Crippen molar-refractivity contribution >= 4 is 47.6 Å². The number of nitrogen functional groups attached to an aromatic ring is 1. The maximum Gasteiger partial charge on any atom is 0.246 e. The molecular formula is C12H16Br2N2O3S. The number of hydrogen-bond donors (Lipinski definition) is 1. The lowest BCUT2D eigenvalue weighted by atomic mass is 10.1. The van der Waals surface area contributed by atoms with E-state index in [1.165, 1.54) is 4.31 Å². The van der Waals surface area contributed by atoms with Gasteiger partial charge < -0.3 is 10.5 Å². The lowest BCUT2D eigenvalue weighted by Crippen LogP contribution is -2.40. The zero-order chi connectivity index (χ0) is 14.9. The van der Waals surface area contributed by atoms with Gasteiger partial charge in [-0.3, -0.25) is 0 Å². The normalized spacial score (nSPS) is 18.4. The first kappa shape index (κ1) is 16.2. The van der Waals surface area contributed by atoms with E-state index < -0.39 is 10.0 Å². The van der Waals surface area contributed by atoms with E-state index in [0.717, 1.165) is 4.47 Å². The highest BCUT2D eigenvalue weighted by molar-refractivity contribution is 9.11. The van der Waals surface area contributed by atoms with Crippen LogP contribution in [0.5, 0.6) is 0 Å². The third-order valence-electron chi connectivity index (χ3n) is 3.37. The molecule has 0 amide bonds. The summed E-state index contributed by atoms with van der Waals surface area (Å²) in [5.41, 5.74) is 6.11. The van der Waals surface area contributed by atoms with Gasteiger partial charge >= 0.3 is 0 Å². The van der Waals surface area contributed by atoms with Crippen molar-refractivity contribution in [2.45, 2.75) is 23.8 Å². The number of benzene rings is 1. The van der Waals surface area contributed by atoms with Gasteiger partial charge in [0, 0.05) is 29.1 Å². The second-order valence-corrected chi connectivity index (χ2v) is 8.29. The van der Waals surface area contributed by atoms with Crippen molar-refractivity contribution in [3.63, 3.8) is 0 Å². The Morgan fingerprint density at radius 1 is 1.30 bits per heavy atom. The highest BCUT2D eigenvalue weighted by atomic mass is 79.9. The van der Waals surface area contributed by atoms with Crippen LogP contribution in [0.15, 0.2) is 26.0 Å². The molecule has 0 bridgehead atoms. The minimum absolute atomic E-state index is 0.132. The van der Waals surface area contributed by atoms with E-state index in [0.29, 0.717) is 30.4 Å². The van der Waals surface area contributed by atoms with Gasteiger partial charge in [-0.25, -0.2) is 8.42 Å². The molecule has 0 unspecified atom stereocenters. The summed E-state index contributed by atoms with van der Waals surface area (Å²) < 4.78 is 33.3. The number of ether oxygens (including phenoxy) is 1. The van der Waals surface area contributed by atoms with Crippen molar-refractivity contribution < 1.29 is 13.2 Å². The maximum atomic E-state index is 12.7. The molecule has 0 aliphatic carbocycles. The molecule has 0 saturated carbocycles. The first-order chi connectivity index (χ1) is 9.36. The molecule has 8 heteroatoms. The van der Waals surface area contributed by atoms with E-state index in [4.69, 9.17) is 10.5 Å². The monoisotopic (exact) mass is 426 g/mol. The molecule has 1 fully saturated rings. The van der Waals surface area contributed by atoms with Crippen molar-refractivity contribution in [3.05, 3.63) is 21.1 Å². The first-order valence-corrected chi connectivity index (χ1v) is 9.16. The van der Waals surface area contributed by atoms with Crippen LogP contribution in [-0.2, 0) is 14.8 Å². The van der Waals surface area contributed by atoms with E-state index in [-0.39, 0.29) is 16.7 Å². The summed E-state index contributed by atoms with van der Waals surface area (Å²) in [6, 6.07) is 3.28. The number of sulfonamides is 1. The molecule has 1 heterocycles. The molecule has 0 atom stereocenters. The Morgan fingerprint density at radius 2 is 1.90 bits per heavy atom. The molecule has 1 aliphatic rings. The fourth-order valence-corrected chi connectivity index (χ4v) is 5.77. The Bertz CT molecular complexity index is 576. The largest absolute Gasteiger partial charge is 0.398 e. The molecule has 2 N–H and O–H groups in total. The molecule has 0 aromatic heterocycles. The van der Waals surface area contributed by atoms with Crippen LogP contribution in [0.4, 0.5) is 5.69 Å². The van der Waals surface area contributed by atoms with Crippen molar-refractivity contribution in [3.8, 4) is 0 Å². The second-order valence-electron chi connectivity index (χ2n) is 4.65. The van der Waals surface area contributed by atoms with Crippen molar-refractivity contribution in [1.29, 1.82) is 0 Å². The average Bonchev–Trinajstić information content (AvgIpc) is 2.37. The summed E-state index contributed by atoms with van der Waals surface area (Å²) >= 11 is 6.58. The van der Waals surface area contributed by atoms with E-state index in [1.807, 2.05) is 0 Å². The van der Waals surface area contributed by atoms with Gasteiger partial charge in [-0.2, -0.15) is 4.31 Å². The quantitative estimate of drug-likeness (QED) is 0.752. The molecule has 5 nitrogen and oxygen atoms in total. The summed E-state index contributed by atoms with van der Waals surface area (Å²) in [6.45, 7) is 0.894. The molecule has 1 aromatic rings. The summed E-state index contributed by atoms with van der Waals surface area (Å²) in [5.74, 6) is 0. The summed E-state index contributed by atoms with van der Waals surface area (Å²) in [6.07, 6.45) is 1.53. The van der Waals surface area contributed by atoms with Gasteiger partial charge in [0.05, 0.1) is 11.8 Å². The minimum Gasteiger partial charge on any atom is -0.398 e. The molecule has 0 spiro atoms. The van der Waals surface area contributed by atoms with Crippen molar-refractivity contribution in [2.24, 2.45) is 0 Å². The first-order valence-electron chi connectivity index (χ1n) is 6.13. The summed E-state index contributed by atoms with van der Waals surface area (Å²) in [5, 5.41) is 0. The van der Waals surface area contributed by atoms with Crippen LogP contribution in [0.2, 0.25) is 0 Å². The number of halogens is 2. The average molecular weight is 428 g/mol. The van der Waals surface area contributed by atoms with Crippen LogP contribution in [-0.4, -0.2) is 39.0 Å². The van der Waals surface area contributed by atoms with Gasteiger partial charge in [-0.15, -0.1) is 0 Å². The van der Waals surface area contributed by atoms with Crippen LogP contribution in [0.1, 0.15) is 12.8 Å². The van der Waals surface area contributed by atoms with Gasteiger partial charge in [-0.1, -0.05) is 15.9 Å². The van der Waals surface area contributed by atoms with Crippen LogP contribution in [0.3, 0.4) is 0 Å². The zero-order valence-corrected chi connectivity index (χ0v) is 15.0.